The van der Waals surface area contributed by atoms with Gasteiger partial charge in [0.15, 0.2) is 0 Å². The zero-order chi connectivity index (χ0) is 16.8. The van der Waals surface area contributed by atoms with Crippen LogP contribution < -0.4 is 4.74 Å². The van der Waals surface area contributed by atoms with E-state index in [1.54, 1.807) is 6.07 Å². The summed E-state index contributed by atoms with van der Waals surface area (Å²) >= 11 is 0. The number of hydrogen-bond acceptors (Lipinski definition) is 4. The van der Waals surface area contributed by atoms with Gasteiger partial charge in [0.2, 0.25) is 0 Å². The number of nitro benzene ring substituents is 1. The van der Waals surface area contributed by atoms with Gasteiger partial charge in [-0.15, -0.1) is 0 Å². The molecule has 0 radical (unpaired) electrons. The van der Waals surface area contributed by atoms with E-state index in [4.69, 9.17) is 9.84 Å². The first kappa shape index (κ1) is 16.2. The molecule has 1 N–H and O–H groups in total. The average Bonchev–Trinajstić information content (AvgIpc) is 2.51. The quantitative estimate of drug-likeness (QED) is 0.501. The fourth-order valence-electron chi connectivity index (χ4n) is 1.86. The van der Waals surface area contributed by atoms with E-state index in [9.17, 15) is 19.3 Å². The molecule has 0 bridgehead atoms. The van der Waals surface area contributed by atoms with Crippen LogP contribution in [0.25, 0.3) is 6.08 Å². The zero-order valence-electron chi connectivity index (χ0n) is 11.8. The van der Waals surface area contributed by atoms with Crippen molar-refractivity contribution in [3.8, 4) is 5.75 Å². The number of carboxylic acid groups (broad SMARTS) is 1. The fraction of sp³-hybridized carbons (Fsp3) is 0.0625. The van der Waals surface area contributed by atoms with E-state index < -0.39 is 16.7 Å². The second-order valence-corrected chi connectivity index (χ2v) is 4.57. The third-order valence-corrected chi connectivity index (χ3v) is 2.89. The Bertz CT molecular complexity index is 773. The molecule has 2 rings (SSSR count). The van der Waals surface area contributed by atoms with Crippen molar-refractivity contribution in [1.82, 2.24) is 0 Å². The first-order chi connectivity index (χ1) is 11.0. The van der Waals surface area contributed by atoms with Crippen LogP contribution in [0.4, 0.5) is 10.1 Å². The van der Waals surface area contributed by atoms with Crippen LogP contribution in [0.5, 0.6) is 5.75 Å². The van der Waals surface area contributed by atoms with Gasteiger partial charge in [0.05, 0.1) is 4.92 Å². The van der Waals surface area contributed by atoms with Crippen molar-refractivity contribution in [3.05, 3.63) is 75.6 Å². The molecule has 2 aromatic carbocycles. The largest absolute Gasteiger partial charge is 0.488 e. The number of nitrogens with zero attached hydrogens (tertiary/aromatic N) is 1. The monoisotopic (exact) mass is 317 g/mol. The molecule has 0 saturated heterocycles. The van der Waals surface area contributed by atoms with E-state index in [1.807, 2.05) is 0 Å². The first-order valence-corrected chi connectivity index (χ1v) is 6.52. The van der Waals surface area contributed by atoms with Crippen molar-refractivity contribution < 1.29 is 24.0 Å². The van der Waals surface area contributed by atoms with Crippen LogP contribution in [0.15, 0.2) is 48.5 Å². The van der Waals surface area contributed by atoms with Crippen LogP contribution >= 0.6 is 0 Å². The second-order valence-electron chi connectivity index (χ2n) is 4.57. The molecule has 0 aliphatic heterocycles. The Hall–Kier alpha value is -3.22. The highest BCUT2D eigenvalue weighted by Crippen LogP contribution is 2.26. The molecule has 0 amide bonds. The third-order valence-electron chi connectivity index (χ3n) is 2.89. The number of benzene rings is 2. The Morgan fingerprint density at radius 3 is 2.74 bits per heavy atom. The molecule has 118 valence electrons. The maximum atomic E-state index is 13.1. The predicted molar refractivity (Wildman–Crippen MR) is 80.5 cm³/mol. The predicted octanol–water partition coefficient (Wildman–Crippen LogP) is 3.41. The summed E-state index contributed by atoms with van der Waals surface area (Å²) in [6.45, 7) is 0.0451. The summed E-state index contributed by atoms with van der Waals surface area (Å²) < 4.78 is 18.6. The summed E-state index contributed by atoms with van der Waals surface area (Å²) in [5, 5.41) is 19.5. The number of non-ortho nitro benzene ring substituents is 1. The molecule has 0 saturated carbocycles. The van der Waals surface area contributed by atoms with Gasteiger partial charge < -0.3 is 9.84 Å². The van der Waals surface area contributed by atoms with Crippen LogP contribution in [0, 0.1) is 15.9 Å². The van der Waals surface area contributed by atoms with Gasteiger partial charge >= 0.3 is 5.97 Å². The topological polar surface area (TPSA) is 89.7 Å². The van der Waals surface area contributed by atoms with Crippen molar-refractivity contribution in [3.63, 3.8) is 0 Å². The lowest BCUT2D eigenvalue weighted by atomic mass is 10.1. The molecule has 0 aromatic heterocycles. The molecule has 6 nitrogen and oxygen atoms in total. The molecule has 0 aliphatic rings. The van der Waals surface area contributed by atoms with Crippen molar-refractivity contribution in [2.24, 2.45) is 0 Å². The number of carboxylic acids is 1. The number of nitro groups is 1. The van der Waals surface area contributed by atoms with Gasteiger partial charge in [0.25, 0.3) is 5.69 Å². The van der Waals surface area contributed by atoms with Crippen LogP contribution in [-0.4, -0.2) is 16.0 Å². The molecular formula is C16H12FNO5. The maximum Gasteiger partial charge on any atom is 0.328 e. The molecule has 0 aliphatic carbocycles. The lowest BCUT2D eigenvalue weighted by molar-refractivity contribution is -0.384. The number of ether oxygens (including phenoxy) is 1. The smallest absolute Gasteiger partial charge is 0.328 e. The molecule has 0 spiro atoms. The lowest BCUT2D eigenvalue weighted by Crippen LogP contribution is -1.99. The van der Waals surface area contributed by atoms with Crippen molar-refractivity contribution in [2.45, 2.75) is 6.61 Å². The van der Waals surface area contributed by atoms with Gasteiger partial charge in [-0.3, -0.25) is 10.1 Å². The minimum Gasteiger partial charge on any atom is -0.488 e. The molecule has 23 heavy (non-hydrogen) atoms. The molecule has 7 heteroatoms. The number of halogens is 1. The highest BCUT2D eigenvalue weighted by atomic mass is 19.1. The van der Waals surface area contributed by atoms with Crippen molar-refractivity contribution in [2.75, 3.05) is 0 Å². The summed E-state index contributed by atoms with van der Waals surface area (Å²) in [7, 11) is 0. The summed E-state index contributed by atoms with van der Waals surface area (Å²) in [5.74, 6) is -1.33. The molecule has 0 fully saturated rings. The summed E-state index contributed by atoms with van der Waals surface area (Å²) in [6, 6.07) is 9.64. The Kier molecular flexibility index (Phi) is 5.03. The van der Waals surface area contributed by atoms with E-state index in [2.05, 4.69) is 0 Å². The second kappa shape index (κ2) is 7.17. The van der Waals surface area contributed by atoms with Gasteiger partial charge in [-0.25, -0.2) is 9.18 Å². The van der Waals surface area contributed by atoms with Crippen LogP contribution in [-0.2, 0) is 11.4 Å². The Morgan fingerprint density at radius 1 is 1.30 bits per heavy atom. The van der Waals surface area contributed by atoms with E-state index >= 15 is 0 Å². The van der Waals surface area contributed by atoms with Gasteiger partial charge in [0.1, 0.15) is 18.2 Å². The summed E-state index contributed by atoms with van der Waals surface area (Å²) in [6.07, 6.45) is 2.06. The van der Waals surface area contributed by atoms with Crippen molar-refractivity contribution >= 4 is 17.7 Å². The highest BCUT2D eigenvalue weighted by Gasteiger charge is 2.11. The third kappa shape index (κ3) is 4.63. The zero-order valence-corrected chi connectivity index (χ0v) is 11.8. The summed E-state index contributed by atoms with van der Waals surface area (Å²) in [4.78, 5) is 20.8. The molecule has 0 atom stereocenters. The minimum absolute atomic E-state index is 0.0451. The number of carbonyl (C=O) groups is 1. The van der Waals surface area contributed by atoms with E-state index in [0.29, 0.717) is 5.56 Å². The number of aliphatic carboxylic acids is 1. The highest BCUT2D eigenvalue weighted by molar-refractivity contribution is 5.86. The van der Waals surface area contributed by atoms with Gasteiger partial charge in [-0.1, -0.05) is 12.1 Å². The maximum absolute atomic E-state index is 13.1. The average molecular weight is 317 g/mol. The van der Waals surface area contributed by atoms with Gasteiger partial charge in [0, 0.05) is 23.8 Å². The normalized spacial score (nSPS) is 10.7. The summed E-state index contributed by atoms with van der Waals surface area (Å²) in [5.41, 5.74) is 0.641. The van der Waals surface area contributed by atoms with Gasteiger partial charge in [-0.2, -0.15) is 0 Å². The SMILES string of the molecule is O=C(O)/C=C/c1cc([N+](=O)[O-])ccc1OCc1cccc(F)c1. The molecule has 0 unspecified atom stereocenters. The number of hydrogen-bond donors (Lipinski definition) is 1. The Morgan fingerprint density at radius 2 is 2.09 bits per heavy atom. The Labute approximate surface area is 130 Å². The lowest BCUT2D eigenvalue weighted by Gasteiger charge is -2.09. The molecule has 0 heterocycles. The standard InChI is InChI=1S/C16H12FNO5/c17-13-3-1-2-11(8-13)10-23-15-6-5-14(18(21)22)9-12(15)4-7-16(19)20/h1-9H,10H2,(H,19,20)/b7-4+. The number of rotatable bonds is 6. The van der Waals surface area contributed by atoms with Crippen molar-refractivity contribution in [1.29, 1.82) is 0 Å². The molecular weight excluding hydrogens is 305 g/mol. The van der Waals surface area contributed by atoms with E-state index in [-0.39, 0.29) is 23.6 Å². The molecule has 2 aromatic rings. The minimum atomic E-state index is -1.19. The van der Waals surface area contributed by atoms with Crippen LogP contribution in [0.3, 0.4) is 0 Å². The van der Waals surface area contributed by atoms with Gasteiger partial charge in [-0.05, 0) is 29.8 Å². The van der Waals surface area contributed by atoms with Crippen LogP contribution in [0.2, 0.25) is 0 Å². The fourth-order valence-corrected chi connectivity index (χ4v) is 1.86. The Balaban J connectivity index is 2.25. The van der Waals surface area contributed by atoms with Crippen LogP contribution in [0.1, 0.15) is 11.1 Å². The first-order valence-electron chi connectivity index (χ1n) is 6.52. The van der Waals surface area contributed by atoms with E-state index in [1.165, 1.54) is 42.5 Å². The van der Waals surface area contributed by atoms with E-state index in [0.717, 1.165) is 6.08 Å².